The zero-order chi connectivity index (χ0) is 11.8. The Morgan fingerprint density at radius 2 is 2.00 bits per heavy atom. The molecule has 1 N–H and O–H groups in total. The fourth-order valence-corrected chi connectivity index (χ4v) is 2.01. The minimum atomic E-state index is -0.676. The first-order valence-corrected chi connectivity index (χ1v) is 6.22. The van der Waals surface area contributed by atoms with Crippen LogP contribution in [0, 0.1) is 0 Å². The Morgan fingerprint density at radius 1 is 1.31 bits per heavy atom. The smallest absolute Gasteiger partial charge is 0.222 e. The number of rotatable bonds is 6. The molecule has 1 amide bonds. The van der Waals surface area contributed by atoms with E-state index in [4.69, 9.17) is 9.84 Å². The van der Waals surface area contributed by atoms with Gasteiger partial charge in [0.05, 0.1) is 0 Å². The lowest BCUT2D eigenvalue weighted by atomic mass is 10.1. The van der Waals surface area contributed by atoms with Gasteiger partial charge < -0.3 is 14.7 Å². The van der Waals surface area contributed by atoms with Crippen LogP contribution in [-0.4, -0.2) is 42.4 Å². The number of carbonyl (C=O) groups excluding carboxylic acids is 1. The van der Waals surface area contributed by atoms with Crippen molar-refractivity contribution >= 4 is 5.91 Å². The number of hydrogen-bond acceptors (Lipinski definition) is 3. The van der Waals surface area contributed by atoms with Crippen molar-refractivity contribution in [3.05, 3.63) is 0 Å². The zero-order valence-electron chi connectivity index (χ0n) is 10.2. The number of methoxy groups -OCH3 is 1. The number of nitrogens with zero attached hydrogens (tertiary/aromatic N) is 1. The number of amides is 1. The summed E-state index contributed by atoms with van der Waals surface area (Å²) in [4.78, 5) is 13.7. The van der Waals surface area contributed by atoms with Crippen molar-refractivity contribution in [2.24, 2.45) is 0 Å². The van der Waals surface area contributed by atoms with Gasteiger partial charge in [0.1, 0.15) is 0 Å². The molecule has 94 valence electrons. The van der Waals surface area contributed by atoms with Crippen LogP contribution in [0.15, 0.2) is 0 Å². The van der Waals surface area contributed by atoms with E-state index in [9.17, 15) is 4.79 Å². The van der Waals surface area contributed by atoms with Gasteiger partial charge in [0.15, 0.2) is 6.29 Å². The third-order valence-corrected chi connectivity index (χ3v) is 3.07. The molecule has 0 radical (unpaired) electrons. The van der Waals surface area contributed by atoms with Gasteiger partial charge in [-0.3, -0.25) is 4.79 Å². The van der Waals surface area contributed by atoms with Gasteiger partial charge in [-0.25, -0.2) is 0 Å². The molecular formula is C12H23NO3. The summed E-state index contributed by atoms with van der Waals surface area (Å²) in [6.45, 7) is 1.86. The minimum Gasteiger partial charge on any atom is -0.368 e. The molecule has 16 heavy (non-hydrogen) atoms. The number of aliphatic hydroxyl groups is 1. The van der Waals surface area contributed by atoms with Crippen molar-refractivity contribution in [1.29, 1.82) is 0 Å². The van der Waals surface area contributed by atoms with Gasteiger partial charge in [-0.2, -0.15) is 0 Å². The summed E-state index contributed by atoms with van der Waals surface area (Å²) in [7, 11) is 1.49. The Morgan fingerprint density at radius 3 is 2.62 bits per heavy atom. The lowest BCUT2D eigenvalue weighted by Gasteiger charge is -2.26. The SMILES string of the molecule is COC(O)CCCCC(=O)N1CCCCC1. The number of carbonyl (C=O) groups is 1. The van der Waals surface area contributed by atoms with Crippen LogP contribution in [0.1, 0.15) is 44.9 Å². The van der Waals surface area contributed by atoms with Crippen LogP contribution in [0.25, 0.3) is 0 Å². The first kappa shape index (κ1) is 13.5. The molecule has 0 bridgehead atoms. The fourth-order valence-electron chi connectivity index (χ4n) is 2.01. The first-order valence-electron chi connectivity index (χ1n) is 6.22. The quantitative estimate of drug-likeness (QED) is 0.555. The zero-order valence-corrected chi connectivity index (χ0v) is 10.2. The highest BCUT2D eigenvalue weighted by atomic mass is 16.6. The summed E-state index contributed by atoms with van der Waals surface area (Å²) in [5.74, 6) is 0.270. The molecule has 1 fully saturated rings. The highest BCUT2D eigenvalue weighted by Crippen LogP contribution is 2.12. The second-order valence-corrected chi connectivity index (χ2v) is 4.38. The summed E-state index contributed by atoms with van der Waals surface area (Å²) in [6, 6.07) is 0. The molecule has 4 heteroatoms. The van der Waals surface area contributed by atoms with Crippen LogP contribution in [0.5, 0.6) is 0 Å². The van der Waals surface area contributed by atoms with Crippen molar-refractivity contribution in [3.8, 4) is 0 Å². The van der Waals surface area contributed by atoms with Gasteiger partial charge in [0, 0.05) is 26.6 Å². The minimum absolute atomic E-state index is 0.270. The van der Waals surface area contributed by atoms with Crippen LogP contribution in [0.2, 0.25) is 0 Å². The lowest BCUT2D eigenvalue weighted by molar-refractivity contribution is -0.132. The molecule has 0 aliphatic carbocycles. The van der Waals surface area contributed by atoms with Gasteiger partial charge in [0.25, 0.3) is 0 Å². The summed E-state index contributed by atoms with van der Waals surface area (Å²) < 4.78 is 4.73. The van der Waals surface area contributed by atoms with Crippen molar-refractivity contribution in [1.82, 2.24) is 4.90 Å². The van der Waals surface area contributed by atoms with E-state index in [1.165, 1.54) is 13.5 Å². The Labute approximate surface area is 97.6 Å². The molecule has 1 unspecified atom stereocenters. The van der Waals surface area contributed by atoms with Crippen molar-refractivity contribution < 1.29 is 14.6 Å². The predicted octanol–water partition coefficient (Wildman–Crippen LogP) is 1.52. The molecule has 1 aliphatic rings. The Kier molecular flexibility index (Phi) is 6.42. The van der Waals surface area contributed by atoms with Gasteiger partial charge in [-0.1, -0.05) is 0 Å². The van der Waals surface area contributed by atoms with Crippen LogP contribution in [0.4, 0.5) is 0 Å². The average molecular weight is 229 g/mol. The third kappa shape index (κ3) is 4.94. The number of hydrogen-bond donors (Lipinski definition) is 1. The summed E-state index contributed by atoms with van der Waals surface area (Å²) in [5.41, 5.74) is 0. The Bertz CT molecular complexity index is 202. The maximum Gasteiger partial charge on any atom is 0.222 e. The molecule has 0 aromatic carbocycles. The van der Waals surface area contributed by atoms with E-state index in [1.54, 1.807) is 0 Å². The standard InChI is InChI=1S/C12H23NO3/c1-16-12(15)8-4-3-7-11(14)13-9-5-2-6-10-13/h12,15H,2-10H2,1H3. The van der Waals surface area contributed by atoms with Crippen molar-refractivity contribution in [2.75, 3.05) is 20.2 Å². The average Bonchev–Trinajstić information content (AvgIpc) is 2.35. The van der Waals surface area contributed by atoms with Gasteiger partial charge in [0.2, 0.25) is 5.91 Å². The number of likely N-dealkylation sites (tertiary alicyclic amines) is 1. The summed E-state index contributed by atoms with van der Waals surface area (Å²) in [6.07, 6.45) is 5.78. The van der Waals surface area contributed by atoms with Crippen molar-refractivity contribution in [3.63, 3.8) is 0 Å². The molecule has 0 saturated carbocycles. The van der Waals surface area contributed by atoms with Crippen molar-refractivity contribution in [2.45, 2.75) is 51.2 Å². The van der Waals surface area contributed by atoms with E-state index < -0.39 is 6.29 Å². The number of piperidine rings is 1. The summed E-state index contributed by atoms with van der Waals surface area (Å²) >= 11 is 0. The fraction of sp³-hybridized carbons (Fsp3) is 0.917. The molecular weight excluding hydrogens is 206 g/mol. The number of aliphatic hydroxyl groups excluding tert-OH is 1. The number of unbranched alkanes of at least 4 members (excludes halogenated alkanes) is 1. The predicted molar refractivity (Wildman–Crippen MR) is 61.9 cm³/mol. The topological polar surface area (TPSA) is 49.8 Å². The maximum atomic E-state index is 11.7. The molecule has 1 saturated heterocycles. The van der Waals surface area contributed by atoms with Gasteiger partial charge in [-0.05, 0) is 38.5 Å². The van der Waals surface area contributed by atoms with Crippen LogP contribution in [-0.2, 0) is 9.53 Å². The number of ether oxygens (including phenoxy) is 1. The van der Waals surface area contributed by atoms with E-state index in [1.807, 2.05) is 4.90 Å². The van der Waals surface area contributed by atoms with E-state index in [0.29, 0.717) is 12.8 Å². The van der Waals surface area contributed by atoms with Crippen LogP contribution >= 0.6 is 0 Å². The second kappa shape index (κ2) is 7.63. The maximum absolute atomic E-state index is 11.7. The second-order valence-electron chi connectivity index (χ2n) is 4.38. The largest absolute Gasteiger partial charge is 0.368 e. The molecule has 0 aromatic rings. The van der Waals surface area contributed by atoms with E-state index in [-0.39, 0.29) is 5.91 Å². The summed E-state index contributed by atoms with van der Waals surface area (Å²) in [5, 5.41) is 9.15. The van der Waals surface area contributed by atoms with Crippen LogP contribution < -0.4 is 0 Å². The molecule has 1 rings (SSSR count). The van der Waals surface area contributed by atoms with E-state index >= 15 is 0 Å². The normalized spacial score (nSPS) is 18.5. The molecule has 1 aliphatic heterocycles. The Hall–Kier alpha value is -0.610. The molecule has 4 nitrogen and oxygen atoms in total. The highest BCUT2D eigenvalue weighted by molar-refractivity contribution is 5.76. The molecule has 1 atom stereocenters. The molecule has 1 heterocycles. The Balaban J connectivity index is 2.05. The van der Waals surface area contributed by atoms with E-state index in [0.717, 1.165) is 38.8 Å². The lowest BCUT2D eigenvalue weighted by Crippen LogP contribution is -2.35. The van der Waals surface area contributed by atoms with E-state index in [2.05, 4.69) is 0 Å². The van der Waals surface area contributed by atoms with Crippen LogP contribution in [0.3, 0.4) is 0 Å². The molecule has 0 spiro atoms. The van der Waals surface area contributed by atoms with Gasteiger partial charge >= 0.3 is 0 Å². The molecule has 0 aromatic heterocycles. The first-order chi connectivity index (χ1) is 7.74. The highest BCUT2D eigenvalue weighted by Gasteiger charge is 2.15. The van der Waals surface area contributed by atoms with Gasteiger partial charge in [-0.15, -0.1) is 0 Å². The monoisotopic (exact) mass is 229 g/mol. The third-order valence-electron chi connectivity index (χ3n) is 3.07.